The van der Waals surface area contributed by atoms with E-state index in [4.69, 9.17) is 0 Å². The van der Waals surface area contributed by atoms with Crippen LogP contribution in [0, 0.1) is 0 Å². The second kappa shape index (κ2) is 36.1. The van der Waals surface area contributed by atoms with Gasteiger partial charge < -0.3 is 9.80 Å². The summed E-state index contributed by atoms with van der Waals surface area (Å²) in [4.78, 5) is 17.7. The molecule has 0 atom stereocenters. The summed E-state index contributed by atoms with van der Waals surface area (Å²) in [5.74, 6) is 0.194. The minimum atomic E-state index is 0.194. The lowest BCUT2D eigenvalue weighted by Gasteiger charge is -2.32. The molecular formula is C44H82N4O. The molecule has 284 valence electrons. The molecule has 0 aromatic heterocycles. The van der Waals surface area contributed by atoms with E-state index in [0.717, 1.165) is 58.7 Å². The average Bonchev–Trinajstić information content (AvgIpc) is 3.10. The zero-order valence-electron chi connectivity index (χ0n) is 33.0. The summed E-state index contributed by atoms with van der Waals surface area (Å²) in [6.07, 6.45) is 49.8. The van der Waals surface area contributed by atoms with E-state index >= 15 is 0 Å². The molecule has 1 rings (SSSR count). The van der Waals surface area contributed by atoms with E-state index in [1.165, 1.54) is 141 Å². The predicted molar refractivity (Wildman–Crippen MR) is 217 cm³/mol. The fraction of sp³-hybridized carbons (Fsp3) is 0.795. The van der Waals surface area contributed by atoms with Gasteiger partial charge in [-0.3, -0.25) is 10.2 Å². The number of hydrogen-bond donors (Lipinski definition) is 1. The van der Waals surface area contributed by atoms with Crippen molar-refractivity contribution in [1.82, 2.24) is 20.2 Å². The predicted octanol–water partition coefficient (Wildman–Crippen LogP) is 11.6. The van der Waals surface area contributed by atoms with Gasteiger partial charge in [-0.05, 0) is 84.1 Å². The Labute approximate surface area is 306 Å². The molecule has 0 bridgehead atoms. The Kier molecular flexibility index (Phi) is 33.4. The van der Waals surface area contributed by atoms with E-state index in [0.29, 0.717) is 6.42 Å². The summed E-state index contributed by atoms with van der Waals surface area (Å²) < 4.78 is 0. The van der Waals surface area contributed by atoms with Crippen molar-refractivity contribution in [2.24, 2.45) is 0 Å². The normalized spacial score (nSPS) is 14.9. The van der Waals surface area contributed by atoms with Gasteiger partial charge >= 0.3 is 0 Å². The molecule has 1 fully saturated rings. The first-order chi connectivity index (χ1) is 24.2. The van der Waals surface area contributed by atoms with Crippen molar-refractivity contribution >= 4 is 5.91 Å². The number of carbonyl (C=O) groups excluding carboxylic acids is 1. The van der Waals surface area contributed by atoms with E-state index in [9.17, 15) is 4.79 Å². The molecule has 49 heavy (non-hydrogen) atoms. The highest BCUT2D eigenvalue weighted by molar-refractivity contribution is 5.75. The fourth-order valence-corrected chi connectivity index (χ4v) is 6.37. The van der Waals surface area contributed by atoms with Gasteiger partial charge in [0.2, 0.25) is 5.91 Å². The monoisotopic (exact) mass is 683 g/mol. The molecule has 0 aromatic rings. The Hall–Kier alpha value is -1.69. The number of nitrogens with zero attached hydrogens (tertiary/aromatic N) is 3. The second-order valence-electron chi connectivity index (χ2n) is 14.6. The van der Waals surface area contributed by atoms with Crippen LogP contribution >= 0.6 is 0 Å². The van der Waals surface area contributed by atoms with Gasteiger partial charge in [0.05, 0.1) is 0 Å². The molecular weight excluding hydrogens is 601 g/mol. The number of carbonyl (C=O) groups is 1. The van der Waals surface area contributed by atoms with E-state index in [1.807, 2.05) is 0 Å². The Bertz CT molecular complexity index is 779. The zero-order chi connectivity index (χ0) is 35.3. The summed E-state index contributed by atoms with van der Waals surface area (Å²) in [5, 5.41) is 2.25. The van der Waals surface area contributed by atoms with Crippen LogP contribution in [0.2, 0.25) is 0 Å². The molecule has 1 saturated heterocycles. The Morgan fingerprint density at radius 3 is 1.35 bits per heavy atom. The fourth-order valence-electron chi connectivity index (χ4n) is 6.37. The van der Waals surface area contributed by atoms with E-state index < -0.39 is 0 Å². The number of hydrogen-bond acceptors (Lipinski definition) is 4. The van der Waals surface area contributed by atoms with Gasteiger partial charge in [0, 0.05) is 52.2 Å². The van der Waals surface area contributed by atoms with Crippen molar-refractivity contribution in [3.8, 4) is 0 Å². The van der Waals surface area contributed by atoms with Gasteiger partial charge in [0.1, 0.15) is 0 Å². The Balaban J connectivity index is 2.19. The number of allylic oxidation sites excluding steroid dienone is 8. The van der Waals surface area contributed by atoms with Crippen molar-refractivity contribution in [3.05, 3.63) is 48.6 Å². The number of piperazine rings is 1. The zero-order valence-corrected chi connectivity index (χ0v) is 33.0. The van der Waals surface area contributed by atoms with Crippen molar-refractivity contribution in [3.63, 3.8) is 0 Å². The molecule has 5 nitrogen and oxygen atoms in total. The minimum Gasteiger partial charge on any atom is -0.304 e. The van der Waals surface area contributed by atoms with Crippen LogP contribution in [0.15, 0.2) is 48.6 Å². The van der Waals surface area contributed by atoms with Crippen LogP contribution in [0.25, 0.3) is 0 Å². The minimum absolute atomic E-state index is 0.194. The molecule has 0 spiro atoms. The van der Waals surface area contributed by atoms with Crippen LogP contribution in [-0.2, 0) is 4.79 Å². The molecule has 0 saturated carbocycles. The molecule has 1 heterocycles. The maximum atomic E-state index is 12.9. The van der Waals surface area contributed by atoms with Crippen LogP contribution in [0.4, 0.5) is 0 Å². The second-order valence-corrected chi connectivity index (χ2v) is 14.6. The van der Waals surface area contributed by atoms with Gasteiger partial charge in [-0.1, -0.05) is 140 Å². The van der Waals surface area contributed by atoms with Gasteiger partial charge in [0.25, 0.3) is 0 Å². The van der Waals surface area contributed by atoms with E-state index in [1.54, 1.807) is 0 Å². The molecule has 5 heteroatoms. The maximum Gasteiger partial charge on any atom is 0.235 e. The SMILES string of the molecule is CCCCC/C=C/C/C=C/CCCCCCCCN(CCCCCCCC/C=C/C/C=C/CCCCC)NC(=O)CCN1CCN(C)CC1. The highest BCUT2D eigenvalue weighted by Gasteiger charge is 2.16. The molecule has 0 aromatic carbocycles. The smallest absolute Gasteiger partial charge is 0.235 e. The molecule has 1 aliphatic heterocycles. The molecule has 1 N–H and O–H groups in total. The topological polar surface area (TPSA) is 38.8 Å². The largest absolute Gasteiger partial charge is 0.304 e. The third-order valence-corrected chi connectivity index (χ3v) is 9.79. The van der Waals surface area contributed by atoms with Gasteiger partial charge in [0.15, 0.2) is 0 Å². The quantitative estimate of drug-likeness (QED) is 0.0416. The molecule has 0 aliphatic carbocycles. The average molecular weight is 683 g/mol. The van der Waals surface area contributed by atoms with Crippen LogP contribution in [0.3, 0.4) is 0 Å². The highest BCUT2D eigenvalue weighted by Crippen LogP contribution is 2.11. The summed E-state index contributed by atoms with van der Waals surface area (Å²) in [6, 6.07) is 0. The Morgan fingerprint density at radius 1 is 0.531 bits per heavy atom. The molecule has 0 radical (unpaired) electrons. The van der Waals surface area contributed by atoms with E-state index in [2.05, 4.69) is 89.7 Å². The lowest BCUT2D eigenvalue weighted by Crippen LogP contribution is -2.47. The maximum absolute atomic E-state index is 12.9. The van der Waals surface area contributed by atoms with Crippen molar-refractivity contribution in [2.75, 3.05) is 52.9 Å². The third-order valence-electron chi connectivity index (χ3n) is 9.79. The number of hydrazine groups is 1. The van der Waals surface area contributed by atoms with Crippen LogP contribution in [0.5, 0.6) is 0 Å². The van der Waals surface area contributed by atoms with Crippen LogP contribution in [-0.4, -0.2) is 73.6 Å². The Morgan fingerprint density at radius 2 is 0.918 bits per heavy atom. The number of rotatable bonds is 34. The van der Waals surface area contributed by atoms with Gasteiger partial charge in [-0.2, -0.15) is 0 Å². The summed E-state index contributed by atoms with van der Waals surface area (Å²) >= 11 is 0. The lowest BCUT2D eigenvalue weighted by atomic mass is 10.1. The highest BCUT2D eigenvalue weighted by atomic mass is 16.2. The summed E-state index contributed by atoms with van der Waals surface area (Å²) in [5.41, 5.74) is 3.30. The van der Waals surface area contributed by atoms with Crippen molar-refractivity contribution < 1.29 is 4.79 Å². The van der Waals surface area contributed by atoms with E-state index in [-0.39, 0.29) is 5.91 Å². The number of likely N-dealkylation sites (N-methyl/N-ethyl adjacent to an activating group) is 1. The number of amides is 1. The van der Waals surface area contributed by atoms with Crippen molar-refractivity contribution in [1.29, 1.82) is 0 Å². The number of nitrogens with one attached hydrogen (secondary N) is 1. The summed E-state index contributed by atoms with van der Waals surface area (Å²) in [6.45, 7) is 11.7. The third kappa shape index (κ3) is 32.0. The molecule has 1 aliphatic rings. The first kappa shape index (κ1) is 45.3. The lowest BCUT2D eigenvalue weighted by molar-refractivity contribution is -0.126. The summed E-state index contributed by atoms with van der Waals surface area (Å²) in [7, 11) is 2.18. The van der Waals surface area contributed by atoms with Crippen LogP contribution in [0.1, 0.15) is 174 Å². The first-order valence-corrected chi connectivity index (χ1v) is 21.2. The van der Waals surface area contributed by atoms with Gasteiger partial charge in [-0.15, -0.1) is 0 Å². The van der Waals surface area contributed by atoms with Gasteiger partial charge in [-0.25, -0.2) is 5.01 Å². The number of unbranched alkanes of at least 4 members (excludes halogenated alkanes) is 18. The van der Waals surface area contributed by atoms with Crippen molar-refractivity contribution in [2.45, 2.75) is 174 Å². The molecule has 1 amide bonds. The van der Waals surface area contributed by atoms with Crippen LogP contribution < -0.4 is 5.43 Å². The molecule has 0 unspecified atom stereocenters. The first-order valence-electron chi connectivity index (χ1n) is 21.2. The standard InChI is InChI=1S/C44H82N4O/c1-4-6-8-10-12-14-16-18-20-22-24-26-28-30-32-34-37-48(45-44(49)36-39-47-42-40-46(3)41-43-47)38-35-33-31-29-27-25-23-21-19-17-15-13-11-9-7-5-2/h12-15,18-21H,4-11,16-17,22-43H2,1-3H3,(H,45,49)/b14-12+,15-13+,20-18+,21-19+.